The van der Waals surface area contributed by atoms with Gasteiger partial charge in [-0.25, -0.2) is 0 Å². The first-order chi connectivity index (χ1) is 13.8. The standard InChI is InChI=1S/C27H43NO/c1-16-5-8-23-17(2)25-24(28(23)15-16)14-22-20-7-6-18-13-19(29)9-11-26(18,3)21(20)10-12-27(22,25)4/h6,16-17,19-25,29H,5,7-15H2,1-4H3/t16-,17+,19-,20?,21?,22?,23?,24?,25?,26-,27-/m0/s1. The van der Waals surface area contributed by atoms with E-state index in [0.29, 0.717) is 10.8 Å². The number of aliphatic hydroxyl groups is 1. The SMILES string of the molecule is C[C@H]1CCC2[C@@H](C)C3C(CC4C5CC=C6C[C@@H](O)CC[C@]6(C)C5CC[C@@]43C)N2C1. The highest BCUT2D eigenvalue weighted by molar-refractivity contribution is 5.26. The third kappa shape index (κ3) is 2.48. The molecule has 0 bridgehead atoms. The van der Waals surface area contributed by atoms with Crippen LogP contribution in [0.15, 0.2) is 11.6 Å². The van der Waals surface area contributed by atoms with Gasteiger partial charge >= 0.3 is 0 Å². The van der Waals surface area contributed by atoms with E-state index >= 15 is 0 Å². The van der Waals surface area contributed by atoms with E-state index in [9.17, 15) is 5.11 Å². The first kappa shape index (κ1) is 19.4. The zero-order valence-corrected chi connectivity index (χ0v) is 19.2. The molecule has 2 nitrogen and oxygen atoms in total. The van der Waals surface area contributed by atoms with Gasteiger partial charge in [-0.15, -0.1) is 0 Å². The lowest BCUT2D eigenvalue weighted by atomic mass is 9.47. The minimum absolute atomic E-state index is 0.0792. The third-order valence-electron chi connectivity index (χ3n) is 11.7. The average Bonchev–Trinajstić information content (AvgIpc) is 3.15. The van der Waals surface area contributed by atoms with Gasteiger partial charge in [-0.3, -0.25) is 4.90 Å². The molecule has 1 N–H and O–H groups in total. The molecule has 0 aromatic rings. The second-order valence-corrected chi connectivity index (χ2v) is 12.8. The van der Waals surface area contributed by atoms with E-state index in [2.05, 4.69) is 38.7 Å². The summed E-state index contributed by atoms with van der Waals surface area (Å²) < 4.78 is 0. The number of piperidine rings is 1. The van der Waals surface area contributed by atoms with Crippen LogP contribution in [-0.2, 0) is 0 Å². The van der Waals surface area contributed by atoms with E-state index in [0.717, 1.165) is 60.4 Å². The summed E-state index contributed by atoms with van der Waals surface area (Å²) in [6, 6.07) is 1.75. The lowest BCUT2D eigenvalue weighted by Crippen LogP contribution is -2.51. The molecule has 6 aliphatic rings. The smallest absolute Gasteiger partial charge is 0.0577 e. The molecule has 162 valence electrons. The fourth-order valence-corrected chi connectivity index (χ4v) is 10.4. The highest BCUT2D eigenvalue weighted by Gasteiger charge is 2.66. The molecule has 0 spiro atoms. The Kier molecular flexibility index (Phi) is 4.23. The number of hydrogen-bond acceptors (Lipinski definition) is 2. The zero-order chi connectivity index (χ0) is 20.1. The molecule has 0 aromatic carbocycles. The van der Waals surface area contributed by atoms with Crippen LogP contribution >= 0.6 is 0 Å². The molecule has 2 aliphatic heterocycles. The van der Waals surface area contributed by atoms with E-state index in [-0.39, 0.29) is 6.10 Å². The van der Waals surface area contributed by atoms with Crippen LogP contribution in [0.1, 0.15) is 85.5 Å². The topological polar surface area (TPSA) is 23.5 Å². The number of nitrogens with zero attached hydrogens (tertiary/aromatic N) is 1. The van der Waals surface area contributed by atoms with E-state index in [1.54, 1.807) is 5.57 Å². The summed E-state index contributed by atoms with van der Waals surface area (Å²) in [6.07, 6.45) is 14.3. The highest BCUT2D eigenvalue weighted by atomic mass is 16.3. The van der Waals surface area contributed by atoms with Crippen molar-refractivity contribution in [3.63, 3.8) is 0 Å². The van der Waals surface area contributed by atoms with Crippen LogP contribution in [-0.4, -0.2) is 34.7 Å². The predicted octanol–water partition coefficient (Wildman–Crippen LogP) is 5.66. The number of allylic oxidation sites excluding steroid dienone is 1. The van der Waals surface area contributed by atoms with Crippen molar-refractivity contribution >= 4 is 0 Å². The molecule has 11 atom stereocenters. The fraction of sp³-hybridized carbons (Fsp3) is 0.926. The molecule has 6 rings (SSSR count). The van der Waals surface area contributed by atoms with Crippen LogP contribution in [0.5, 0.6) is 0 Å². The lowest BCUT2D eigenvalue weighted by molar-refractivity contribution is -0.0574. The van der Waals surface area contributed by atoms with E-state index < -0.39 is 0 Å². The quantitative estimate of drug-likeness (QED) is 0.534. The molecular weight excluding hydrogens is 354 g/mol. The number of aliphatic hydroxyl groups excluding tert-OH is 1. The van der Waals surface area contributed by atoms with Crippen LogP contribution < -0.4 is 0 Å². The van der Waals surface area contributed by atoms with Crippen LogP contribution in [0, 0.1) is 46.3 Å². The van der Waals surface area contributed by atoms with E-state index in [4.69, 9.17) is 0 Å². The average molecular weight is 398 g/mol. The Balaban J connectivity index is 1.33. The number of hydrogen-bond donors (Lipinski definition) is 1. The maximum atomic E-state index is 10.3. The zero-order valence-electron chi connectivity index (χ0n) is 19.2. The van der Waals surface area contributed by atoms with Crippen LogP contribution in [0.4, 0.5) is 0 Å². The third-order valence-corrected chi connectivity index (χ3v) is 11.7. The monoisotopic (exact) mass is 397 g/mol. The summed E-state index contributed by atoms with van der Waals surface area (Å²) in [5.74, 6) is 5.44. The van der Waals surface area contributed by atoms with Crippen molar-refractivity contribution in [3.8, 4) is 0 Å². The van der Waals surface area contributed by atoms with Gasteiger partial charge < -0.3 is 5.11 Å². The van der Waals surface area contributed by atoms with Gasteiger partial charge in [0.25, 0.3) is 0 Å². The molecule has 4 aliphatic carbocycles. The van der Waals surface area contributed by atoms with Crippen LogP contribution in [0.25, 0.3) is 0 Å². The maximum Gasteiger partial charge on any atom is 0.0577 e. The van der Waals surface area contributed by atoms with Crippen molar-refractivity contribution in [2.75, 3.05) is 6.54 Å². The minimum Gasteiger partial charge on any atom is -0.393 e. The predicted molar refractivity (Wildman–Crippen MR) is 118 cm³/mol. The molecule has 0 amide bonds. The van der Waals surface area contributed by atoms with Gasteiger partial charge in [0.15, 0.2) is 0 Å². The van der Waals surface area contributed by atoms with Gasteiger partial charge in [-0.1, -0.05) is 39.3 Å². The Morgan fingerprint density at radius 1 is 1.00 bits per heavy atom. The number of fused-ring (bicyclic) bond motifs is 9. The van der Waals surface area contributed by atoms with Gasteiger partial charge in [0, 0.05) is 18.6 Å². The van der Waals surface area contributed by atoms with Crippen molar-refractivity contribution in [3.05, 3.63) is 11.6 Å². The molecule has 2 heteroatoms. The van der Waals surface area contributed by atoms with Crippen LogP contribution in [0.2, 0.25) is 0 Å². The largest absolute Gasteiger partial charge is 0.393 e. The van der Waals surface area contributed by atoms with Gasteiger partial charge in [0.1, 0.15) is 0 Å². The fourth-order valence-electron chi connectivity index (χ4n) is 10.4. The van der Waals surface area contributed by atoms with Crippen molar-refractivity contribution in [1.82, 2.24) is 4.90 Å². The molecule has 29 heavy (non-hydrogen) atoms. The Hall–Kier alpha value is -0.340. The lowest BCUT2D eigenvalue weighted by Gasteiger charge is -2.58. The summed E-state index contributed by atoms with van der Waals surface area (Å²) in [7, 11) is 0. The normalized spacial score (nSPS) is 59.2. The van der Waals surface area contributed by atoms with Gasteiger partial charge in [-0.2, -0.15) is 0 Å². The van der Waals surface area contributed by atoms with Crippen molar-refractivity contribution < 1.29 is 5.11 Å². The van der Waals surface area contributed by atoms with E-state index in [1.165, 1.54) is 51.5 Å². The first-order valence-electron chi connectivity index (χ1n) is 13.0. The van der Waals surface area contributed by atoms with Crippen molar-refractivity contribution in [2.24, 2.45) is 46.3 Å². The summed E-state index contributed by atoms with van der Waals surface area (Å²) >= 11 is 0. The minimum atomic E-state index is -0.0792. The van der Waals surface area contributed by atoms with Crippen LogP contribution in [0.3, 0.4) is 0 Å². The summed E-state index contributed by atoms with van der Waals surface area (Å²) in [5, 5.41) is 10.3. The molecule has 6 unspecified atom stereocenters. The highest BCUT2D eigenvalue weighted by Crippen LogP contribution is 2.69. The molecule has 5 fully saturated rings. The molecule has 0 radical (unpaired) electrons. The second-order valence-electron chi connectivity index (χ2n) is 12.8. The van der Waals surface area contributed by atoms with Gasteiger partial charge in [0.2, 0.25) is 0 Å². The van der Waals surface area contributed by atoms with E-state index in [1.807, 2.05) is 0 Å². The number of rotatable bonds is 0. The van der Waals surface area contributed by atoms with Gasteiger partial charge in [-0.05, 0) is 104 Å². The molecule has 2 heterocycles. The van der Waals surface area contributed by atoms with Gasteiger partial charge in [0.05, 0.1) is 6.10 Å². The Labute approximate surface area is 178 Å². The molecular formula is C27H43NO. The Morgan fingerprint density at radius 2 is 1.83 bits per heavy atom. The Bertz CT molecular complexity index is 715. The summed E-state index contributed by atoms with van der Waals surface area (Å²) in [6.45, 7) is 11.8. The second kappa shape index (κ2) is 6.35. The summed E-state index contributed by atoms with van der Waals surface area (Å²) in [5.41, 5.74) is 2.58. The Morgan fingerprint density at radius 3 is 2.66 bits per heavy atom. The molecule has 2 saturated heterocycles. The molecule has 3 saturated carbocycles. The van der Waals surface area contributed by atoms with Crippen molar-refractivity contribution in [1.29, 1.82) is 0 Å². The molecule has 0 aromatic heterocycles. The first-order valence-corrected chi connectivity index (χ1v) is 13.0. The maximum absolute atomic E-state index is 10.3. The summed E-state index contributed by atoms with van der Waals surface area (Å²) in [4.78, 5) is 3.02. The van der Waals surface area contributed by atoms with Crippen molar-refractivity contribution in [2.45, 2.75) is 104 Å².